The molecule has 0 saturated heterocycles. The summed E-state index contributed by atoms with van der Waals surface area (Å²) in [5, 5.41) is 21.0. The Morgan fingerprint density at radius 1 is 1.22 bits per heavy atom. The van der Waals surface area contributed by atoms with Crippen molar-refractivity contribution in [2.45, 2.75) is 19.5 Å². The fraction of sp³-hybridized carbons (Fsp3) is 0.222. The van der Waals surface area contributed by atoms with E-state index in [-0.39, 0.29) is 11.4 Å². The zero-order valence-electron chi connectivity index (χ0n) is 14.3. The van der Waals surface area contributed by atoms with Gasteiger partial charge >= 0.3 is 0 Å². The fourth-order valence-electron chi connectivity index (χ4n) is 3.12. The predicted molar refractivity (Wildman–Crippen MR) is 95.6 cm³/mol. The van der Waals surface area contributed by atoms with Crippen molar-refractivity contribution >= 4 is 5.69 Å². The summed E-state index contributed by atoms with van der Waals surface area (Å²) in [5.74, 6) is 0.654. The van der Waals surface area contributed by atoms with Gasteiger partial charge in [0.05, 0.1) is 16.2 Å². The number of nitrogens with zero attached hydrogens (tertiary/aromatic N) is 6. The maximum Gasteiger partial charge on any atom is 0.270 e. The third kappa shape index (κ3) is 3.58. The molecule has 1 N–H and O–H groups in total. The van der Waals surface area contributed by atoms with Crippen LogP contribution in [0.15, 0.2) is 43.1 Å². The SMILES string of the molecule is O=[N+]([O-])c1ccc(O)c(CN2CCc3nc(-c4cncnc4)ncc3C2)c1. The van der Waals surface area contributed by atoms with E-state index >= 15 is 0 Å². The van der Waals surface area contributed by atoms with Crippen LogP contribution in [0.5, 0.6) is 5.75 Å². The van der Waals surface area contributed by atoms with E-state index in [1.165, 1.54) is 24.5 Å². The summed E-state index contributed by atoms with van der Waals surface area (Å²) in [6, 6.07) is 4.08. The van der Waals surface area contributed by atoms with E-state index in [1.807, 2.05) is 0 Å². The smallest absolute Gasteiger partial charge is 0.270 e. The average Bonchev–Trinajstić information content (AvgIpc) is 2.69. The van der Waals surface area contributed by atoms with Crippen LogP contribution >= 0.6 is 0 Å². The van der Waals surface area contributed by atoms with Crippen molar-refractivity contribution in [2.75, 3.05) is 6.54 Å². The third-order valence-corrected chi connectivity index (χ3v) is 4.50. The Balaban J connectivity index is 1.52. The molecule has 0 spiro atoms. The van der Waals surface area contributed by atoms with E-state index in [2.05, 4.69) is 24.8 Å². The first-order valence-electron chi connectivity index (χ1n) is 8.39. The fourth-order valence-corrected chi connectivity index (χ4v) is 3.12. The van der Waals surface area contributed by atoms with Crippen LogP contribution in [0.4, 0.5) is 5.69 Å². The maximum absolute atomic E-state index is 11.0. The molecule has 0 aliphatic carbocycles. The normalized spacial score (nSPS) is 13.9. The lowest BCUT2D eigenvalue weighted by molar-refractivity contribution is -0.385. The topological polar surface area (TPSA) is 118 Å². The summed E-state index contributed by atoms with van der Waals surface area (Å²) in [6.07, 6.45) is 7.34. The molecule has 0 bridgehead atoms. The number of fused-ring (bicyclic) bond motifs is 1. The highest BCUT2D eigenvalue weighted by molar-refractivity contribution is 5.52. The number of benzene rings is 1. The molecular weight excluding hydrogens is 348 g/mol. The van der Waals surface area contributed by atoms with Crippen molar-refractivity contribution in [3.05, 3.63) is 70.1 Å². The first kappa shape index (κ1) is 17.0. The summed E-state index contributed by atoms with van der Waals surface area (Å²) < 4.78 is 0. The lowest BCUT2D eigenvalue weighted by atomic mass is 10.1. The lowest BCUT2D eigenvalue weighted by Crippen LogP contribution is -2.31. The van der Waals surface area contributed by atoms with E-state index in [9.17, 15) is 15.2 Å². The van der Waals surface area contributed by atoms with Gasteiger partial charge in [-0.2, -0.15) is 0 Å². The monoisotopic (exact) mass is 364 g/mol. The van der Waals surface area contributed by atoms with Crippen LogP contribution in [0.2, 0.25) is 0 Å². The Morgan fingerprint density at radius 3 is 2.81 bits per heavy atom. The van der Waals surface area contributed by atoms with Gasteiger partial charge in [0.25, 0.3) is 5.69 Å². The zero-order chi connectivity index (χ0) is 18.8. The molecule has 0 atom stereocenters. The molecule has 3 heterocycles. The van der Waals surface area contributed by atoms with E-state index in [1.54, 1.807) is 18.6 Å². The van der Waals surface area contributed by atoms with Crippen LogP contribution in [0.1, 0.15) is 16.8 Å². The van der Waals surface area contributed by atoms with Crippen molar-refractivity contribution in [2.24, 2.45) is 0 Å². The summed E-state index contributed by atoms with van der Waals surface area (Å²) in [7, 11) is 0. The maximum atomic E-state index is 11.0. The second-order valence-corrected chi connectivity index (χ2v) is 6.32. The molecular formula is C18H16N6O3. The Morgan fingerprint density at radius 2 is 2.04 bits per heavy atom. The van der Waals surface area contributed by atoms with E-state index in [0.29, 0.717) is 24.5 Å². The van der Waals surface area contributed by atoms with E-state index < -0.39 is 4.92 Å². The second-order valence-electron chi connectivity index (χ2n) is 6.32. The van der Waals surface area contributed by atoms with E-state index in [4.69, 9.17) is 0 Å². The molecule has 27 heavy (non-hydrogen) atoms. The third-order valence-electron chi connectivity index (χ3n) is 4.50. The molecule has 0 saturated carbocycles. The number of rotatable bonds is 4. The lowest BCUT2D eigenvalue weighted by Gasteiger charge is -2.28. The summed E-state index contributed by atoms with van der Waals surface area (Å²) in [4.78, 5) is 29.6. The van der Waals surface area contributed by atoms with E-state index in [0.717, 1.165) is 29.8 Å². The molecule has 9 heteroatoms. The number of nitro groups is 1. The summed E-state index contributed by atoms with van der Waals surface area (Å²) in [6.45, 7) is 1.77. The Hall–Kier alpha value is -3.46. The standard InChI is InChI=1S/C18H16N6O3/c25-17-2-1-15(24(26)27)5-12(17)9-23-4-3-16-14(10-23)8-21-18(22-16)13-6-19-11-20-7-13/h1-2,5-8,11,25H,3-4,9-10H2. The minimum atomic E-state index is -0.461. The van der Waals surface area contributed by atoms with Crippen LogP contribution < -0.4 is 0 Å². The van der Waals surface area contributed by atoms with Crippen LogP contribution in [-0.2, 0) is 19.5 Å². The van der Waals surface area contributed by atoms with Crippen molar-refractivity contribution in [3.63, 3.8) is 0 Å². The molecule has 0 radical (unpaired) electrons. The summed E-state index contributed by atoms with van der Waals surface area (Å²) in [5.41, 5.74) is 3.25. The van der Waals surface area contributed by atoms with Gasteiger partial charge in [0, 0.05) is 67.9 Å². The number of hydrogen-bond acceptors (Lipinski definition) is 8. The molecule has 3 aromatic rings. The number of phenolic OH excluding ortho intramolecular Hbond substituents is 1. The Bertz CT molecular complexity index is 996. The van der Waals surface area contributed by atoms with Gasteiger partial charge in [-0.05, 0) is 6.07 Å². The molecule has 0 fully saturated rings. The number of aromatic nitrogens is 4. The van der Waals surface area contributed by atoms with Crippen LogP contribution in [-0.4, -0.2) is 41.4 Å². The molecule has 1 aromatic carbocycles. The van der Waals surface area contributed by atoms with Crippen molar-refractivity contribution in [1.29, 1.82) is 0 Å². The van der Waals surface area contributed by atoms with Gasteiger partial charge in [0.2, 0.25) is 0 Å². The average molecular weight is 364 g/mol. The number of non-ortho nitro benzene ring substituents is 1. The van der Waals surface area contributed by atoms with Crippen molar-refractivity contribution < 1.29 is 10.0 Å². The van der Waals surface area contributed by atoms with Crippen molar-refractivity contribution in [3.8, 4) is 17.1 Å². The summed E-state index contributed by atoms with van der Waals surface area (Å²) >= 11 is 0. The van der Waals surface area contributed by atoms with Crippen LogP contribution in [0.3, 0.4) is 0 Å². The van der Waals surface area contributed by atoms with Crippen LogP contribution in [0, 0.1) is 10.1 Å². The minimum Gasteiger partial charge on any atom is -0.508 e. The molecule has 2 aromatic heterocycles. The first-order chi connectivity index (χ1) is 13.1. The molecule has 0 unspecified atom stereocenters. The molecule has 9 nitrogen and oxygen atoms in total. The molecule has 1 aliphatic rings. The number of nitro benzene ring substituents is 1. The highest BCUT2D eigenvalue weighted by Gasteiger charge is 2.21. The Labute approximate surface area is 154 Å². The van der Waals surface area contributed by atoms with Gasteiger partial charge < -0.3 is 5.11 Å². The quantitative estimate of drug-likeness (QED) is 0.552. The van der Waals surface area contributed by atoms with Crippen LogP contribution in [0.25, 0.3) is 11.4 Å². The molecule has 0 amide bonds. The molecule has 1 aliphatic heterocycles. The number of hydrogen-bond donors (Lipinski definition) is 1. The van der Waals surface area contributed by atoms with Gasteiger partial charge in [-0.3, -0.25) is 15.0 Å². The van der Waals surface area contributed by atoms with Gasteiger partial charge in [0.1, 0.15) is 12.1 Å². The first-order valence-corrected chi connectivity index (χ1v) is 8.39. The van der Waals surface area contributed by atoms with Gasteiger partial charge in [-0.25, -0.2) is 19.9 Å². The van der Waals surface area contributed by atoms with Gasteiger partial charge in [-0.15, -0.1) is 0 Å². The zero-order valence-corrected chi connectivity index (χ0v) is 14.3. The Kier molecular flexibility index (Phi) is 4.43. The highest BCUT2D eigenvalue weighted by atomic mass is 16.6. The minimum absolute atomic E-state index is 0.0294. The number of aromatic hydroxyl groups is 1. The largest absolute Gasteiger partial charge is 0.508 e. The highest BCUT2D eigenvalue weighted by Crippen LogP contribution is 2.27. The van der Waals surface area contributed by atoms with Crippen molar-refractivity contribution in [1.82, 2.24) is 24.8 Å². The second kappa shape index (κ2) is 7.04. The number of phenols is 1. The van der Waals surface area contributed by atoms with Gasteiger partial charge in [0.15, 0.2) is 5.82 Å². The molecule has 136 valence electrons. The molecule has 4 rings (SSSR count). The van der Waals surface area contributed by atoms with Gasteiger partial charge in [-0.1, -0.05) is 0 Å². The predicted octanol–water partition coefficient (Wildman–Crippen LogP) is 2.11.